The highest BCUT2D eigenvalue weighted by Crippen LogP contribution is 2.22. The Kier molecular flexibility index (Phi) is 9.06. The number of piperidine rings is 1. The average Bonchev–Trinajstić information content (AvgIpc) is 2.90. The molecule has 1 fully saturated rings. The van der Waals surface area contributed by atoms with Crippen molar-refractivity contribution >= 4 is 17.5 Å². The molecule has 2 aromatic rings. The molecule has 1 saturated heterocycles. The number of likely N-dealkylation sites (tertiary alicyclic amines) is 1. The first-order valence-corrected chi connectivity index (χ1v) is 12.5. The molecule has 0 saturated carbocycles. The molecule has 0 spiro atoms. The van der Waals surface area contributed by atoms with E-state index in [1.807, 2.05) is 60.7 Å². The lowest BCUT2D eigenvalue weighted by atomic mass is 10.0. The van der Waals surface area contributed by atoms with Gasteiger partial charge in [-0.2, -0.15) is 0 Å². The number of benzene rings is 2. The summed E-state index contributed by atoms with van der Waals surface area (Å²) in [5.74, 6) is -0.227. The van der Waals surface area contributed by atoms with E-state index in [2.05, 4.69) is 15.5 Å². The van der Waals surface area contributed by atoms with E-state index < -0.39 is 18.2 Å². The van der Waals surface area contributed by atoms with E-state index in [9.17, 15) is 14.7 Å². The molecule has 7 nitrogen and oxygen atoms in total. The molecule has 3 N–H and O–H groups in total. The number of aliphatic hydroxyl groups excluding tert-OH is 1. The van der Waals surface area contributed by atoms with Crippen LogP contribution in [0.3, 0.4) is 0 Å². The topological polar surface area (TPSA) is 90.9 Å². The molecular formula is C28H35N3O4. The van der Waals surface area contributed by atoms with Crippen molar-refractivity contribution in [2.75, 3.05) is 31.6 Å². The second kappa shape index (κ2) is 12.6. The number of aliphatic hydroxyl groups is 1. The summed E-state index contributed by atoms with van der Waals surface area (Å²) in [5, 5.41) is 15.7. The normalized spacial score (nSPS) is 22.5. The standard InChI is InChI=1S/C28H35N3O4/c32-20-26-25(30-27(33)15-18-31-16-5-2-6-17-31)14-13-24(35-26)19-28(34)29-23-11-9-22(10-12-23)21-7-3-1-4-8-21/h1,3-4,7-14,24-26,32H,2,5-6,15-20H2,(H,29,34)(H,30,33)/t24-,25-,26+/m0/s1. The summed E-state index contributed by atoms with van der Waals surface area (Å²) in [4.78, 5) is 27.3. The van der Waals surface area contributed by atoms with Gasteiger partial charge in [0.15, 0.2) is 0 Å². The van der Waals surface area contributed by atoms with Crippen LogP contribution in [0.2, 0.25) is 0 Å². The molecule has 2 aliphatic heterocycles. The monoisotopic (exact) mass is 477 g/mol. The lowest BCUT2D eigenvalue weighted by Gasteiger charge is -2.32. The van der Waals surface area contributed by atoms with Crippen molar-refractivity contribution < 1.29 is 19.4 Å². The Bertz CT molecular complexity index is 987. The van der Waals surface area contributed by atoms with Gasteiger partial charge in [0, 0.05) is 18.7 Å². The number of carbonyl (C=O) groups is 2. The van der Waals surface area contributed by atoms with Gasteiger partial charge in [0.05, 0.1) is 25.2 Å². The van der Waals surface area contributed by atoms with E-state index in [0.29, 0.717) is 12.1 Å². The van der Waals surface area contributed by atoms with Crippen molar-refractivity contribution in [3.05, 3.63) is 66.7 Å². The quantitative estimate of drug-likeness (QED) is 0.482. The number of amides is 2. The van der Waals surface area contributed by atoms with Gasteiger partial charge in [0.25, 0.3) is 0 Å². The number of carbonyl (C=O) groups excluding carboxylic acids is 2. The van der Waals surface area contributed by atoms with Crippen molar-refractivity contribution in [3.63, 3.8) is 0 Å². The summed E-state index contributed by atoms with van der Waals surface area (Å²) in [6.07, 6.45) is 6.79. The number of rotatable bonds is 9. The molecule has 4 rings (SSSR count). The molecule has 0 unspecified atom stereocenters. The van der Waals surface area contributed by atoms with Crippen LogP contribution in [-0.4, -0.2) is 66.3 Å². The number of nitrogens with zero attached hydrogens (tertiary/aromatic N) is 1. The van der Waals surface area contributed by atoms with Crippen molar-refractivity contribution in [1.82, 2.24) is 10.2 Å². The zero-order chi connectivity index (χ0) is 24.5. The number of anilines is 1. The summed E-state index contributed by atoms with van der Waals surface area (Å²) in [6.45, 7) is 2.63. The van der Waals surface area contributed by atoms with E-state index in [1.54, 1.807) is 6.08 Å². The third-order valence-electron chi connectivity index (χ3n) is 6.56. The van der Waals surface area contributed by atoms with Crippen molar-refractivity contribution in [1.29, 1.82) is 0 Å². The first-order chi connectivity index (χ1) is 17.1. The maximum Gasteiger partial charge on any atom is 0.227 e. The molecule has 2 aromatic carbocycles. The number of nitrogens with one attached hydrogen (secondary N) is 2. The maximum absolute atomic E-state index is 12.6. The van der Waals surface area contributed by atoms with Crippen molar-refractivity contribution in [2.45, 2.75) is 50.4 Å². The van der Waals surface area contributed by atoms with Crippen LogP contribution in [0.15, 0.2) is 66.7 Å². The molecule has 3 atom stereocenters. The first kappa shape index (κ1) is 25.1. The Labute approximate surface area is 207 Å². The van der Waals surface area contributed by atoms with Crippen LogP contribution in [0.4, 0.5) is 5.69 Å². The molecule has 2 aliphatic rings. The SMILES string of the molecule is O=C(C[C@@H]1C=C[C@H](NC(=O)CCN2CCCCC2)[C@@H](CO)O1)Nc1ccc(-c2ccccc2)cc1. The van der Waals surface area contributed by atoms with Gasteiger partial charge in [-0.3, -0.25) is 9.59 Å². The van der Waals surface area contributed by atoms with Crippen LogP contribution in [0.25, 0.3) is 11.1 Å². The minimum Gasteiger partial charge on any atom is -0.394 e. The molecule has 2 amide bonds. The Morgan fingerprint density at radius 1 is 0.914 bits per heavy atom. The van der Waals surface area contributed by atoms with Crippen LogP contribution >= 0.6 is 0 Å². The van der Waals surface area contributed by atoms with Crippen LogP contribution in [0.1, 0.15) is 32.1 Å². The van der Waals surface area contributed by atoms with Crippen LogP contribution in [-0.2, 0) is 14.3 Å². The molecule has 35 heavy (non-hydrogen) atoms. The fourth-order valence-electron chi connectivity index (χ4n) is 4.61. The predicted octanol–water partition coefficient (Wildman–Crippen LogP) is 3.36. The maximum atomic E-state index is 12.6. The predicted molar refractivity (Wildman–Crippen MR) is 137 cm³/mol. The highest BCUT2D eigenvalue weighted by atomic mass is 16.5. The van der Waals surface area contributed by atoms with Gasteiger partial charge in [-0.05, 0) is 49.2 Å². The van der Waals surface area contributed by atoms with Gasteiger partial charge >= 0.3 is 0 Å². The highest BCUT2D eigenvalue weighted by Gasteiger charge is 2.29. The Morgan fingerprint density at radius 3 is 2.34 bits per heavy atom. The highest BCUT2D eigenvalue weighted by molar-refractivity contribution is 5.91. The van der Waals surface area contributed by atoms with Gasteiger partial charge in [-0.15, -0.1) is 0 Å². The molecule has 2 heterocycles. The smallest absolute Gasteiger partial charge is 0.227 e. The van der Waals surface area contributed by atoms with Crippen molar-refractivity contribution in [2.24, 2.45) is 0 Å². The summed E-state index contributed by atoms with van der Waals surface area (Å²) < 4.78 is 5.91. The fraction of sp³-hybridized carbons (Fsp3) is 0.429. The minimum atomic E-state index is -0.582. The second-order valence-corrected chi connectivity index (χ2v) is 9.22. The summed E-state index contributed by atoms with van der Waals surface area (Å²) >= 11 is 0. The summed E-state index contributed by atoms with van der Waals surface area (Å²) in [5.41, 5.74) is 2.92. The molecule has 0 radical (unpaired) electrons. The van der Waals surface area contributed by atoms with E-state index in [1.165, 1.54) is 19.3 Å². The van der Waals surface area contributed by atoms with Gasteiger partial charge in [-0.1, -0.05) is 61.0 Å². The average molecular weight is 478 g/mol. The van der Waals surface area contributed by atoms with Crippen LogP contribution < -0.4 is 10.6 Å². The number of ether oxygens (including phenoxy) is 1. The lowest BCUT2D eigenvalue weighted by Crippen LogP contribution is -2.49. The van der Waals surface area contributed by atoms with Gasteiger partial charge in [-0.25, -0.2) is 0 Å². The number of hydrogen-bond acceptors (Lipinski definition) is 5. The van der Waals surface area contributed by atoms with E-state index in [-0.39, 0.29) is 24.8 Å². The Hall–Kier alpha value is -3.00. The summed E-state index contributed by atoms with van der Waals surface area (Å²) in [7, 11) is 0. The van der Waals surface area contributed by atoms with E-state index >= 15 is 0 Å². The molecule has 0 aromatic heterocycles. The third kappa shape index (κ3) is 7.49. The lowest BCUT2D eigenvalue weighted by molar-refractivity contribution is -0.126. The van der Waals surface area contributed by atoms with Crippen LogP contribution in [0, 0.1) is 0 Å². The van der Waals surface area contributed by atoms with Gasteiger partial charge in [0.1, 0.15) is 6.10 Å². The fourth-order valence-corrected chi connectivity index (χ4v) is 4.61. The van der Waals surface area contributed by atoms with Crippen LogP contribution in [0.5, 0.6) is 0 Å². The zero-order valence-corrected chi connectivity index (χ0v) is 20.1. The minimum absolute atomic E-state index is 0.0533. The Morgan fingerprint density at radius 2 is 1.63 bits per heavy atom. The largest absolute Gasteiger partial charge is 0.394 e. The zero-order valence-electron chi connectivity index (χ0n) is 20.1. The molecule has 7 heteroatoms. The second-order valence-electron chi connectivity index (χ2n) is 9.22. The van der Waals surface area contributed by atoms with E-state index in [0.717, 1.165) is 30.8 Å². The molecule has 0 aliphatic carbocycles. The summed E-state index contributed by atoms with van der Waals surface area (Å²) in [6, 6.07) is 17.4. The van der Waals surface area contributed by atoms with Gasteiger partial charge in [0.2, 0.25) is 11.8 Å². The van der Waals surface area contributed by atoms with E-state index in [4.69, 9.17) is 4.74 Å². The third-order valence-corrected chi connectivity index (χ3v) is 6.56. The Balaban J connectivity index is 1.24. The number of hydrogen-bond donors (Lipinski definition) is 3. The molecular weight excluding hydrogens is 442 g/mol. The van der Waals surface area contributed by atoms with Gasteiger partial charge < -0.3 is 25.4 Å². The molecule has 0 bridgehead atoms. The van der Waals surface area contributed by atoms with Crippen molar-refractivity contribution in [3.8, 4) is 11.1 Å². The molecule has 186 valence electrons. The first-order valence-electron chi connectivity index (χ1n) is 12.5.